The Labute approximate surface area is 45.8 Å². The Hall–Kier alpha value is -0.0862. The SMILES string of the molecule is C=C[SiH3].C=C[SiH3]. The molecule has 0 atom stereocenters. The molecule has 36 valence electrons. The molecule has 0 aliphatic carbocycles. The van der Waals surface area contributed by atoms with Gasteiger partial charge < -0.3 is 0 Å². The van der Waals surface area contributed by atoms with Gasteiger partial charge in [0.1, 0.15) is 0 Å². The van der Waals surface area contributed by atoms with Crippen LogP contribution in [0.25, 0.3) is 0 Å². The largest absolute Gasteiger partial charge is 0.112 e. The molecule has 2 heteroatoms. The second-order valence-electron chi connectivity index (χ2n) is 0.816. The van der Waals surface area contributed by atoms with Gasteiger partial charge in [-0.2, -0.15) is 0 Å². The molecule has 0 N–H and O–H groups in total. The van der Waals surface area contributed by atoms with Crippen molar-refractivity contribution in [3.63, 3.8) is 0 Å². The highest BCUT2D eigenvalue weighted by atomic mass is 28.1. The van der Waals surface area contributed by atoms with Crippen LogP contribution in [0.4, 0.5) is 0 Å². The maximum absolute atomic E-state index is 3.42. The topological polar surface area (TPSA) is 0 Å². The molecule has 0 spiro atoms. The van der Waals surface area contributed by atoms with E-state index in [0.29, 0.717) is 0 Å². The maximum Gasteiger partial charge on any atom is 0.0283 e. The van der Waals surface area contributed by atoms with Crippen molar-refractivity contribution < 1.29 is 0 Å². The third-order valence-corrected chi connectivity index (χ3v) is 0. The Bertz CT molecular complexity index is 26.5. The lowest BCUT2D eigenvalue weighted by atomic mass is 11.3. The monoisotopic (exact) mass is 116 g/mol. The van der Waals surface area contributed by atoms with Crippen LogP contribution in [0.5, 0.6) is 0 Å². The van der Waals surface area contributed by atoms with Crippen molar-refractivity contribution in [1.82, 2.24) is 0 Å². The van der Waals surface area contributed by atoms with Crippen LogP contribution in [-0.2, 0) is 0 Å². The average Bonchev–Trinajstić information content (AvgIpc) is 1.39. The fourth-order valence-corrected chi connectivity index (χ4v) is 0. The predicted octanol–water partition coefficient (Wildman–Crippen LogP) is -1.01. The van der Waals surface area contributed by atoms with Crippen LogP contribution in [0.15, 0.2) is 24.6 Å². The minimum atomic E-state index is 1.13. The molecule has 0 heterocycles. The summed E-state index contributed by atoms with van der Waals surface area (Å²) in [6.45, 7) is 6.85. The molecule has 0 aliphatic heterocycles. The van der Waals surface area contributed by atoms with Gasteiger partial charge in [-0.25, -0.2) is 0 Å². The molecule has 0 nitrogen and oxygen atoms in total. The van der Waals surface area contributed by atoms with E-state index in [1.54, 1.807) is 0 Å². The van der Waals surface area contributed by atoms with Crippen LogP contribution in [0.3, 0.4) is 0 Å². The van der Waals surface area contributed by atoms with Gasteiger partial charge in [-0.1, -0.05) is 0 Å². The Balaban J connectivity index is 0. The standard InChI is InChI=1S/2C2H6Si/c2*1-2-3/h2*2H,1H2,3H3. The van der Waals surface area contributed by atoms with Crippen molar-refractivity contribution in [3.05, 3.63) is 24.6 Å². The Morgan fingerprint density at radius 1 is 1.00 bits per heavy atom. The summed E-state index contributed by atoms with van der Waals surface area (Å²) in [6, 6.07) is 0. The second-order valence-corrected chi connectivity index (χ2v) is 2.45. The van der Waals surface area contributed by atoms with E-state index in [9.17, 15) is 0 Å². The summed E-state index contributed by atoms with van der Waals surface area (Å²) in [5.74, 6) is 0. The van der Waals surface area contributed by atoms with Crippen LogP contribution in [0, 0.1) is 0 Å². The van der Waals surface area contributed by atoms with E-state index in [1.165, 1.54) is 0 Å². The first-order valence-corrected chi connectivity index (χ1v) is 4.28. The first kappa shape index (κ1) is 9.32. The molecule has 0 aromatic carbocycles. The first-order chi connectivity index (χ1) is 2.83. The smallest absolute Gasteiger partial charge is 0.0283 e. The fraction of sp³-hybridized carbons (Fsp3) is 0. The molecular formula is C4H12Si2. The van der Waals surface area contributed by atoms with Crippen LogP contribution in [-0.4, -0.2) is 20.5 Å². The molecule has 0 aromatic rings. The van der Waals surface area contributed by atoms with Crippen LogP contribution in [0.2, 0.25) is 0 Å². The summed E-state index contributed by atoms with van der Waals surface area (Å²) < 4.78 is 0. The number of rotatable bonds is 0. The van der Waals surface area contributed by atoms with Gasteiger partial charge in [0.05, 0.1) is 0 Å². The van der Waals surface area contributed by atoms with Gasteiger partial charge in [0, 0.05) is 20.5 Å². The Morgan fingerprint density at radius 2 is 1.00 bits per heavy atom. The zero-order valence-electron chi connectivity index (χ0n) is 4.57. The maximum atomic E-state index is 3.42. The van der Waals surface area contributed by atoms with E-state index < -0.39 is 0 Å². The summed E-state index contributed by atoms with van der Waals surface area (Å²) in [4.78, 5) is 0. The summed E-state index contributed by atoms with van der Waals surface area (Å²) in [5, 5.41) is 0. The normalized spacial score (nSPS) is 5.33. The third kappa shape index (κ3) is 4470. The molecule has 0 saturated heterocycles. The molecule has 0 fully saturated rings. The molecule has 6 heavy (non-hydrogen) atoms. The van der Waals surface area contributed by atoms with Crippen LogP contribution < -0.4 is 0 Å². The zero-order valence-corrected chi connectivity index (χ0v) is 8.57. The molecule has 0 radical (unpaired) electrons. The van der Waals surface area contributed by atoms with Crippen molar-refractivity contribution >= 4 is 20.5 Å². The molecular weight excluding hydrogens is 104 g/mol. The van der Waals surface area contributed by atoms with E-state index in [-0.39, 0.29) is 0 Å². The summed E-state index contributed by atoms with van der Waals surface area (Å²) in [5.41, 5.74) is 3.78. The summed E-state index contributed by atoms with van der Waals surface area (Å²) >= 11 is 0. The molecule has 0 rings (SSSR count). The minimum Gasteiger partial charge on any atom is -0.112 e. The Kier molecular flexibility index (Phi) is 31.9. The summed E-state index contributed by atoms with van der Waals surface area (Å²) in [7, 11) is 2.27. The van der Waals surface area contributed by atoms with Gasteiger partial charge in [-0.15, -0.1) is 24.6 Å². The minimum absolute atomic E-state index is 1.13. The van der Waals surface area contributed by atoms with Crippen molar-refractivity contribution in [2.45, 2.75) is 0 Å². The van der Waals surface area contributed by atoms with E-state index in [0.717, 1.165) is 20.5 Å². The van der Waals surface area contributed by atoms with E-state index >= 15 is 0 Å². The van der Waals surface area contributed by atoms with E-state index in [1.807, 2.05) is 11.4 Å². The first-order valence-electron chi connectivity index (χ1n) is 1.97. The highest BCUT2D eigenvalue weighted by Gasteiger charge is 1.17. The lowest BCUT2D eigenvalue weighted by molar-refractivity contribution is 2.63. The molecule has 0 aliphatic rings. The van der Waals surface area contributed by atoms with Crippen LogP contribution >= 0.6 is 0 Å². The van der Waals surface area contributed by atoms with Gasteiger partial charge in [0.2, 0.25) is 0 Å². The van der Waals surface area contributed by atoms with Crippen molar-refractivity contribution in [2.75, 3.05) is 0 Å². The molecule has 0 bridgehead atoms. The molecule has 0 saturated carbocycles. The lowest BCUT2D eigenvalue weighted by Gasteiger charge is -1.29. The Morgan fingerprint density at radius 3 is 1.00 bits per heavy atom. The summed E-state index contributed by atoms with van der Waals surface area (Å²) in [6.07, 6.45) is 0. The quantitative estimate of drug-likeness (QED) is 0.356. The van der Waals surface area contributed by atoms with Crippen LogP contribution in [0.1, 0.15) is 0 Å². The van der Waals surface area contributed by atoms with Crippen molar-refractivity contribution in [3.8, 4) is 0 Å². The van der Waals surface area contributed by atoms with Gasteiger partial charge in [0.25, 0.3) is 0 Å². The highest BCUT2D eigenvalue weighted by Crippen LogP contribution is 1.24. The molecule has 0 amide bonds. The van der Waals surface area contributed by atoms with Gasteiger partial charge in [0.15, 0.2) is 0 Å². The fourth-order valence-electron chi connectivity index (χ4n) is 0. The molecule has 0 unspecified atom stereocenters. The number of hydrogen-bond acceptors (Lipinski definition) is 0. The third-order valence-electron chi connectivity index (χ3n) is 0. The van der Waals surface area contributed by atoms with Crippen molar-refractivity contribution in [2.24, 2.45) is 0 Å². The highest BCUT2D eigenvalue weighted by molar-refractivity contribution is 6.16. The predicted molar refractivity (Wildman–Crippen MR) is 40.3 cm³/mol. The van der Waals surface area contributed by atoms with E-state index in [2.05, 4.69) is 13.2 Å². The average molecular weight is 116 g/mol. The van der Waals surface area contributed by atoms with Gasteiger partial charge in [-0.05, 0) is 0 Å². The van der Waals surface area contributed by atoms with E-state index in [4.69, 9.17) is 0 Å². The molecule has 0 aromatic heterocycles. The second kappa shape index (κ2) is 20.6. The zero-order chi connectivity index (χ0) is 5.41. The van der Waals surface area contributed by atoms with Gasteiger partial charge in [-0.3, -0.25) is 0 Å². The van der Waals surface area contributed by atoms with Gasteiger partial charge >= 0.3 is 0 Å². The number of hydrogen-bond donors (Lipinski definition) is 0. The van der Waals surface area contributed by atoms with Crippen molar-refractivity contribution in [1.29, 1.82) is 0 Å². The lowest BCUT2D eigenvalue weighted by Crippen LogP contribution is -1.29.